The van der Waals surface area contributed by atoms with Gasteiger partial charge in [0.15, 0.2) is 0 Å². The fourth-order valence-corrected chi connectivity index (χ4v) is 3.46. The normalized spacial score (nSPS) is 16.4. The summed E-state index contributed by atoms with van der Waals surface area (Å²) in [5, 5.41) is 14.8. The van der Waals surface area contributed by atoms with Crippen LogP contribution in [-0.4, -0.2) is 34.7 Å². The predicted molar refractivity (Wildman–Crippen MR) is 112 cm³/mol. The fraction of sp³-hybridized carbons (Fsp3) is 0.348. The summed E-state index contributed by atoms with van der Waals surface area (Å²) in [6.45, 7) is 5.14. The average Bonchev–Trinajstić information content (AvgIpc) is 2.99. The number of carbonyl (C=O) groups excluding carboxylic acids is 2. The number of carbonyl (C=O) groups is 3. The van der Waals surface area contributed by atoms with Crippen LogP contribution in [0.2, 0.25) is 0 Å². The van der Waals surface area contributed by atoms with Crippen molar-refractivity contribution in [3.63, 3.8) is 0 Å². The van der Waals surface area contributed by atoms with Crippen molar-refractivity contribution < 1.29 is 24.2 Å². The highest BCUT2D eigenvalue weighted by molar-refractivity contribution is 6.05. The van der Waals surface area contributed by atoms with Crippen LogP contribution >= 0.6 is 0 Å². The fourth-order valence-electron chi connectivity index (χ4n) is 3.46. The van der Waals surface area contributed by atoms with Gasteiger partial charge in [-0.25, -0.2) is 9.59 Å². The maximum atomic E-state index is 12.5. The lowest BCUT2D eigenvalue weighted by Gasteiger charge is -2.22. The molecule has 0 spiro atoms. The van der Waals surface area contributed by atoms with Gasteiger partial charge in [-0.1, -0.05) is 42.5 Å². The van der Waals surface area contributed by atoms with E-state index in [0.29, 0.717) is 6.42 Å². The molecule has 0 aromatic heterocycles. The van der Waals surface area contributed by atoms with Crippen LogP contribution in [0.15, 0.2) is 48.5 Å². The first kappa shape index (κ1) is 21.4. The zero-order chi connectivity index (χ0) is 21.9. The zero-order valence-corrected chi connectivity index (χ0v) is 17.3. The second-order valence-electron chi connectivity index (χ2n) is 8.33. The molecule has 2 unspecified atom stereocenters. The molecule has 3 N–H and O–H groups in total. The molecule has 0 saturated heterocycles. The second-order valence-corrected chi connectivity index (χ2v) is 8.33. The number of hydrogen-bond acceptors (Lipinski definition) is 4. The van der Waals surface area contributed by atoms with Crippen molar-refractivity contribution in [2.45, 2.75) is 51.2 Å². The molecular formula is C23H26N2O5. The Labute approximate surface area is 175 Å². The quantitative estimate of drug-likeness (QED) is 0.674. The smallest absolute Gasteiger partial charge is 0.408 e. The summed E-state index contributed by atoms with van der Waals surface area (Å²) in [6.07, 6.45) is -0.136. The lowest BCUT2D eigenvalue weighted by atomic mass is 9.91. The Morgan fingerprint density at radius 1 is 1.17 bits per heavy atom. The van der Waals surface area contributed by atoms with Gasteiger partial charge < -0.3 is 20.5 Å². The van der Waals surface area contributed by atoms with Crippen molar-refractivity contribution in [1.29, 1.82) is 0 Å². The van der Waals surface area contributed by atoms with Gasteiger partial charge in [0.1, 0.15) is 11.6 Å². The van der Waals surface area contributed by atoms with E-state index in [2.05, 4.69) is 10.6 Å². The molecule has 7 heteroatoms. The maximum absolute atomic E-state index is 12.5. The Kier molecular flexibility index (Phi) is 6.10. The molecular weight excluding hydrogens is 384 g/mol. The molecule has 3 rings (SSSR count). The molecule has 0 bridgehead atoms. The van der Waals surface area contributed by atoms with Gasteiger partial charge in [-0.05, 0) is 56.4 Å². The third-order valence-corrected chi connectivity index (χ3v) is 4.79. The second kappa shape index (κ2) is 8.57. The zero-order valence-electron chi connectivity index (χ0n) is 17.3. The third-order valence-electron chi connectivity index (χ3n) is 4.79. The SMILES string of the molecule is CC(C)(C)OC(=O)NC(CCc1ccc2c(c1)C(c1ccccc1)C(=O)N2)C(=O)O. The van der Waals surface area contributed by atoms with Gasteiger partial charge in [0, 0.05) is 5.69 Å². The molecule has 0 fully saturated rings. The summed E-state index contributed by atoms with van der Waals surface area (Å²) in [5.41, 5.74) is 2.72. The minimum atomic E-state index is -1.12. The number of benzene rings is 2. The summed E-state index contributed by atoms with van der Waals surface area (Å²) < 4.78 is 5.15. The van der Waals surface area contributed by atoms with Gasteiger partial charge in [0.25, 0.3) is 0 Å². The van der Waals surface area contributed by atoms with E-state index in [-0.39, 0.29) is 12.3 Å². The van der Waals surface area contributed by atoms with E-state index in [9.17, 15) is 19.5 Å². The van der Waals surface area contributed by atoms with E-state index in [4.69, 9.17) is 4.74 Å². The molecule has 2 aromatic rings. The van der Waals surface area contributed by atoms with Crippen molar-refractivity contribution in [2.75, 3.05) is 5.32 Å². The molecule has 1 aliphatic heterocycles. The van der Waals surface area contributed by atoms with Crippen LogP contribution in [0.3, 0.4) is 0 Å². The Hall–Kier alpha value is -3.35. The van der Waals surface area contributed by atoms with Gasteiger partial charge in [0.05, 0.1) is 5.92 Å². The van der Waals surface area contributed by atoms with E-state index in [1.807, 2.05) is 48.5 Å². The number of aliphatic carboxylic acids is 1. The number of nitrogens with one attached hydrogen (secondary N) is 2. The molecule has 0 saturated carbocycles. The Balaban J connectivity index is 1.72. The number of alkyl carbamates (subject to hydrolysis) is 1. The number of anilines is 1. The average molecular weight is 410 g/mol. The topological polar surface area (TPSA) is 105 Å². The molecule has 2 amide bonds. The first-order chi connectivity index (χ1) is 14.1. The standard InChI is InChI=1S/C23H26N2O5/c1-23(2,3)30-22(29)25-18(21(27)28)12-10-14-9-11-17-16(13-14)19(20(26)24-17)15-7-5-4-6-8-15/h4-9,11,13,18-19H,10,12H2,1-3H3,(H,24,26)(H,25,29)(H,27,28). The van der Waals surface area contributed by atoms with Crippen LogP contribution in [-0.2, 0) is 20.7 Å². The molecule has 158 valence electrons. The monoisotopic (exact) mass is 410 g/mol. The lowest BCUT2D eigenvalue weighted by molar-refractivity contribution is -0.139. The summed E-state index contributed by atoms with van der Waals surface area (Å²) in [4.78, 5) is 36.0. The van der Waals surface area contributed by atoms with Gasteiger partial charge >= 0.3 is 12.1 Å². The van der Waals surface area contributed by atoms with E-state index in [1.165, 1.54) is 0 Å². The third kappa shape index (κ3) is 5.17. The van der Waals surface area contributed by atoms with E-state index < -0.39 is 29.6 Å². The highest BCUT2D eigenvalue weighted by atomic mass is 16.6. The molecule has 2 atom stereocenters. The van der Waals surface area contributed by atoms with Crippen LogP contribution in [0.1, 0.15) is 49.8 Å². The Bertz CT molecular complexity index is 950. The van der Waals surface area contributed by atoms with Crippen molar-refractivity contribution in [1.82, 2.24) is 5.32 Å². The summed E-state index contributed by atoms with van der Waals surface area (Å²) in [5.74, 6) is -1.60. The van der Waals surface area contributed by atoms with Crippen LogP contribution < -0.4 is 10.6 Å². The number of rotatable bonds is 6. The summed E-state index contributed by atoms with van der Waals surface area (Å²) in [6, 6.07) is 14.1. The number of aryl methyl sites for hydroxylation is 1. The van der Waals surface area contributed by atoms with Crippen LogP contribution in [0.4, 0.5) is 10.5 Å². The molecule has 2 aromatic carbocycles. The number of carboxylic acid groups (broad SMARTS) is 1. The highest BCUT2D eigenvalue weighted by Gasteiger charge is 2.32. The maximum Gasteiger partial charge on any atom is 0.408 e. The minimum absolute atomic E-state index is 0.0802. The van der Waals surface area contributed by atoms with Gasteiger partial charge in [-0.15, -0.1) is 0 Å². The van der Waals surface area contributed by atoms with Crippen molar-refractivity contribution >= 4 is 23.7 Å². The number of hydrogen-bond donors (Lipinski definition) is 3. The van der Waals surface area contributed by atoms with Gasteiger partial charge in [-0.2, -0.15) is 0 Å². The highest BCUT2D eigenvalue weighted by Crippen LogP contribution is 2.37. The molecule has 0 aliphatic carbocycles. The molecule has 0 radical (unpaired) electrons. The number of carboxylic acids is 1. The summed E-state index contributed by atoms with van der Waals surface area (Å²) in [7, 11) is 0. The number of fused-ring (bicyclic) bond motifs is 1. The van der Waals surface area contributed by atoms with E-state index in [0.717, 1.165) is 22.4 Å². The van der Waals surface area contributed by atoms with Crippen molar-refractivity contribution in [3.05, 3.63) is 65.2 Å². The van der Waals surface area contributed by atoms with Crippen LogP contribution in [0.25, 0.3) is 0 Å². The molecule has 1 aliphatic rings. The minimum Gasteiger partial charge on any atom is -0.480 e. The molecule has 7 nitrogen and oxygen atoms in total. The first-order valence-electron chi connectivity index (χ1n) is 9.85. The predicted octanol–water partition coefficient (Wildman–Crippen LogP) is 3.68. The van der Waals surface area contributed by atoms with E-state index >= 15 is 0 Å². The van der Waals surface area contributed by atoms with Crippen molar-refractivity contribution in [3.8, 4) is 0 Å². The van der Waals surface area contributed by atoms with Crippen LogP contribution in [0, 0.1) is 0 Å². The first-order valence-corrected chi connectivity index (χ1v) is 9.85. The van der Waals surface area contributed by atoms with E-state index in [1.54, 1.807) is 20.8 Å². The number of ether oxygens (including phenoxy) is 1. The Morgan fingerprint density at radius 3 is 2.50 bits per heavy atom. The largest absolute Gasteiger partial charge is 0.480 e. The molecule has 1 heterocycles. The van der Waals surface area contributed by atoms with Crippen LogP contribution in [0.5, 0.6) is 0 Å². The van der Waals surface area contributed by atoms with Gasteiger partial charge in [0.2, 0.25) is 5.91 Å². The molecule has 30 heavy (non-hydrogen) atoms. The van der Waals surface area contributed by atoms with Crippen molar-refractivity contribution in [2.24, 2.45) is 0 Å². The summed E-state index contributed by atoms with van der Waals surface area (Å²) >= 11 is 0. The lowest BCUT2D eigenvalue weighted by Crippen LogP contribution is -2.43. The number of amides is 2. The Morgan fingerprint density at radius 2 is 1.87 bits per heavy atom. The van der Waals surface area contributed by atoms with Gasteiger partial charge in [-0.3, -0.25) is 4.79 Å².